The van der Waals surface area contributed by atoms with Crippen LogP contribution in [0.3, 0.4) is 0 Å². The summed E-state index contributed by atoms with van der Waals surface area (Å²) in [4.78, 5) is 39.1. The van der Waals surface area contributed by atoms with Crippen molar-refractivity contribution in [3.8, 4) is 0 Å². The largest absolute Gasteiger partial charge is 0.466 e. The maximum Gasteiger partial charge on any atom is 0.419 e. The third kappa shape index (κ3) is 3.91. The number of rotatable bonds is 5. The van der Waals surface area contributed by atoms with Gasteiger partial charge in [0.2, 0.25) is 0 Å². The number of para-hydroxylation sites is 1. The van der Waals surface area contributed by atoms with E-state index >= 15 is 0 Å². The lowest BCUT2D eigenvalue weighted by Crippen LogP contribution is -2.39. The molecule has 1 heterocycles. The van der Waals surface area contributed by atoms with E-state index in [1.54, 1.807) is 13.0 Å². The summed E-state index contributed by atoms with van der Waals surface area (Å²) >= 11 is 0. The number of ketones is 1. The maximum absolute atomic E-state index is 13.8. The first-order valence-corrected chi connectivity index (χ1v) is 10.3. The number of esters is 1. The number of hydrogen-bond acceptors (Lipinski definition) is 5. The molecule has 30 heavy (non-hydrogen) atoms. The van der Waals surface area contributed by atoms with Crippen LogP contribution in [0.5, 0.6) is 0 Å². The minimum Gasteiger partial charge on any atom is -0.466 e. The molecule has 0 amide bonds. The summed E-state index contributed by atoms with van der Waals surface area (Å²) in [5.74, 6) is -0.540. The molecule has 6 heteroatoms. The summed E-state index contributed by atoms with van der Waals surface area (Å²) in [5.41, 5.74) is 0.192. The summed E-state index contributed by atoms with van der Waals surface area (Å²) in [5, 5.41) is 0.695. The fraction of sp³-hybridized carbons (Fsp3) is 0.458. The van der Waals surface area contributed by atoms with E-state index < -0.39 is 23.1 Å². The van der Waals surface area contributed by atoms with Gasteiger partial charge in [-0.25, -0.2) is 9.36 Å². The highest BCUT2D eigenvalue weighted by atomic mass is 16.6. The van der Waals surface area contributed by atoms with E-state index in [0.29, 0.717) is 41.4 Å². The Hall–Kier alpha value is -2.89. The average Bonchev–Trinajstić information content (AvgIpc) is 2.99. The molecule has 0 fully saturated rings. The molecule has 160 valence electrons. The molecule has 0 N–H and O–H groups in total. The van der Waals surface area contributed by atoms with Crippen LogP contribution in [-0.2, 0) is 20.7 Å². The monoisotopic (exact) mass is 411 g/mol. The van der Waals surface area contributed by atoms with Crippen LogP contribution in [0.25, 0.3) is 10.9 Å². The van der Waals surface area contributed by atoms with Crippen LogP contribution in [0.15, 0.2) is 36.9 Å². The Morgan fingerprint density at radius 1 is 1.27 bits per heavy atom. The van der Waals surface area contributed by atoms with Crippen LogP contribution in [0.1, 0.15) is 63.0 Å². The highest BCUT2D eigenvalue weighted by Gasteiger charge is 2.46. The molecule has 1 aromatic heterocycles. The van der Waals surface area contributed by atoms with Crippen LogP contribution >= 0.6 is 0 Å². The van der Waals surface area contributed by atoms with Crippen molar-refractivity contribution in [2.24, 2.45) is 5.41 Å². The first kappa shape index (κ1) is 21.8. The van der Waals surface area contributed by atoms with Gasteiger partial charge in [0.15, 0.2) is 5.78 Å². The normalized spacial score (nSPS) is 18.7. The number of fused-ring (bicyclic) bond motifs is 3. The van der Waals surface area contributed by atoms with Crippen molar-refractivity contribution in [2.75, 3.05) is 6.61 Å². The summed E-state index contributed by atoms with van der Waals surface area (Å²) in [6.45, 7) is 11.2. The summed E-state index contributed by atoms with van der Waals surface area (Å²) in [7, 11) is 0. The molecule has 0 radical (unpaired) electrons. The molecule has 0 saturated heterocycles. The van der Waals surface area contributed by atoms with Gasteiger partial charge in [-0.05, 0) is 53.0 Å². The Kier molecular flexibility index (Phi) is 5.88. The first-order chi connectivity index (χ1) is 14.1. The van der Waals surface area contributed by atoms with Gasteiger partial charge in [0, 0.05) is 22.1 Å². The molecule has 1 aromatic carbocycles. The summed E-state index contributed by atoms with van der Waals surface area (Å²) in [6, 6.07) is 7.31. The Morgan fingerprint density at radius 3 is 2.60 bits per heavy atom. The lowest BCUT2D eigenvalue weighted by molar-refractivity contribution is -0.145. The Morgan fingerprint density at radius 2 is 1.97 bits per heavy atom. The van der Waals surface area contributed by atoms with E-state index in [2.05, 4.69) is 6.58 Å². The number of nitrogens with zero attached hydrogens (tertiary/aromatic N) is 1. The van der Waals surface area contributed by atoms with E-state index in [9.17, 15) is 14.4 Å². The van der Waals surface area contributed by atoms with Crippen LogP contribution in [-0.4, -0.2) is 34.6 Å². The highest BCUT2D eigenvalue weighted by Crippen LogP contribution is 2.45. The van der Waals surface area contributed by atoms with E-state index in [4.69, 9.17) is 9.47 Å². The topological polar surface area (TPSA) is 74.6 Å². The molecule has 1 aliphatic carbocycles. The summed E-state index contributed by atoms with van der Waals surface area (Å²) < 4.78 is 12.3. The van der Waals surface area contributed by atoms with Crippen LogP contribution in [0.4, 0.5) is 4.79 Å². The van der Waals surface area contributed by atoms with Gasteiger partial charge in [-0.15, -0.1) is 6.58 Å². The fourth-order valence-corrected chi connectivity index (χ4v) is 4.24. The lowest BCUT2D eigenvalue weighted by Gasteiger charge is -2.34. The average molecular weight is 411 g/mol. The van der Waals surface area contributed by atoms with Crippen molar-refractivity contribution < 1.29 is 23.9 Å². The predicted molar refractivity (Wildman–Crippen MR) is 115 cm³/mol. The quantitative estimate of drug-likeness (QED) is 0.507. The first-order valence-electron chi connectivity index (χ1n) is 10.3. The van der Waals surface area contributed by atoms with Crippen molar-refractivity contribution in [1.82, 2.24) is 4.57 Å². The zero-order chi connectivity index (χ0) is 22.1. The molecule has 1 atom stereocenters. The van der Waals surface area contributed by atoms with Gasteiger partial charge >= 0.3 is 12.1 Å². The number of benzene rings is 1. The molecule has 6 nitrogen and oxygen atoms in total. The molecule has 0 saturated carbocycles. The lowest BCUT2D eigenvalue weighted by atomic mass is 9.67. The standard InChI is InChI=1S/C24H29NO5/c1-6-13-24(15-19(26)29-7-2)14-12-18-20(21(24)27)16-10-8-9-11-17(16)25(18)22(28)30-23(3,4)5/h6,8-11H,1,7,12-15H2,2-5H3. The Balaban J connectivity index is 2.15. The van der Waals surface area contributed by atoms with Crippen LogP contribution < -0.4 is 0 Å². The van der Waals surface area contributed by atoms with Gasteiger partial charge in [-0.1, -0.05) is 24.3 Å². The second-order valence-electron chi connectivity index (χ2n) is 8.74. The number of aromatic nitrogens is 1. The molecular formula is C24H29NO5. The second-order valence-corrected chi connectivity index (χ2v) is 8.74. The molecule has 0 bridgehead atoms. The van der Waals surface area contributed by atoms with E-state index in [0.717, 1.165) is 0 Å². The molecule has 2 aromatic rings. The highest BCUT2D eigenvalue weighted by molar-refractivity contribution is 6.15. The third-order valence-corrected chi connectivity index (χ3v) is 5.42. The van der Waals surface area contributed by atoms with E-state index in [1.165, 1.54) is 4.57 Å². The number of hydrogen-bond donors (Lipinski definition) is 0. The zero-order valence-corrected chi connectivity index (χ0v) is 18.1. The van der Waals surface area contributed by atoms with Crippen molar-refractivity contribution >= 4 is 28.7 Å². The molecule has 1 aliphatic rings. The predicted octanol–water partition coefficient (Wildman–Crippen LogP) is 5.07. The second kappa shape index (κ2) is 8.09. The van der Waals surface area contributed by atoms with Crippen molar-refractivity contribution in [3.63, 3.8) is 0 Å². The van der Waals surface area contributed by atoms with Gasteiger partial charge in [-0.2, -0.15) is 0 Å². The number of allylic oxidation sites excluding steroid dienone is 1. The van der Waals surface area contributed by atoms with Crippen LogP contribution in [0.2, 0.25) is 0 Å². The van der Waals surface area contributed by atoms with Crippen LogP contribution in [0, 0.1) is 5.41 Å². The SMILES string of the molecule is C=CCC1(CC(=O)OCC)CCc2c(c3ccccc3n2C(=O)OC(C)(C)C)C1=O. The smallest absolute Gasteiger partial charge is 0.419 e. The van der Waals surface area contributed by atoms with Gasteiger partial charge in [0.05, 0.1) is 18.5 Å². The van der Waals surface area contributed by atoms with Crippen molar-refractivity contribution in [3.05, 3.63) is 48.2 Å². The van der Waals surface area contributed by atoms with E-state index in [1.807, 2.05) is 45.0 Å². The molecule has 3 rings (SSSR count). The fourth-order valence-electron chi connectivity index (χ4n) is 4.24. The van der Waals surface area contributed by atoms with Gasteiger partial charge in [0.25, 0.3) is 0 Å². The van der Waals surface area contributed by atoms with Gasteiger partial charge < -0.3 is 9.47 Å². The number of carbonyl (C=O) groups excluding carboxylic acids is 3. The molecule has 1 unspecified atom stereocenters. The zero-order valence-electron chi connectivity index (χ0n) is 18.1. The Bertz CT molecular complexity index is 1010. The molecule has 0 spiro atoms. The Labute approximate surface area is 176 Å². The van der Waals surface area contributed by atoms with E-state index in [-0.39, 0.29) is 18.8 Å². The minimum atomic E-state index is -0.913. The molecular weight excluding hydrogens is 382 g/mol. The number of ether oxygens (including phenoxy) is 2. The minimum absolute atomic E-state index is 0.00290. The van der Waals surface area contributed by atoms with Gasteiger partial charge in [-0.3, -0.25) is 9.59 Å². The third-order valence-electron chi connectivity index (χ3n) is 5.42. The maximum atomic E-state index is 13.8. The molecule has 0 aliphatic heterocycles. The van der Waals surface area contributed by atoms with Gasteiger partial charge in [0.1, 0.15) is 5.60 Å². The van der Waals surface area contributed by atoms with Crippen molar-refractivity contribution in [1.29, 1.82) is 0 Å². The summed E-state index contributed by atoms with van der Waals surface area (Å²) in [6.07, 6.45) is 2.45. The van der Waals surface area contributed by atoms with Crippen molar-refractivity contribution in [2.45, 2.75) is 59.0 Å². The number of Topliss-reactive ketones (excluding diaryl/α,β-unsaturated/α-hetero) is 1. The number of carbonyl (C=O) groups is 3.